The van der Waals surface area contributed by atoms with Gasteiger partial charge in [-0.15, -0.1) is 0 Å². The topological polar surface area (TPSA) is 69.4 Å². The van der Waals surface area contributed by atoms with Crippen LogP contribution in [0.2, 0.25) is 0 Å². The summed E-state index contributed by atoms with van der Waals surface area (Å²) < 4.78 is 25.6. The third-order valence-corrected chi connectivity index (χ3v) is 2.43. The van der Waals surface area contributed by atoms with Crippen LogP contribution in [0.3, 0.4) is 0 Å². The Kier molecular flexibility index (Phi) is 2.47. The third kappa shape index (κ3) is 1.87. The highest BCUT2D eigenvalue weighted by Gasteiger charge is 2.04. The first-order valence-electron chi connectivity index (χ1n) is 4.28. The molecule has 2 aromatic rings. The van der Waals surface area contributed by atoms with E-state index in [9.17, 15) is 8.42 Å². The van der Waals surface area contributed by atoms with Gasteiger partial charge in [0.15, 0.2) is 0 Å². The summed E-state index contributed by atoms with van der Waals surface area (Å²) in [6.07, 6.45) is 0. The van der Waals surface area contributed by atoms with Crippen LogP contribution in [-0.4, -0.2) is 8.42 Å². The van der Waals surface area contributed by atoms with Gasteiger partial charge in [0.1, 0.15) is 5.75 Å². The van der Waals surface area contributed by atoms with E-state index in [1.807, 2.05) is 6.07 Å². The van der Waals surface area contributed by atoms with Crippen molar-refractivity contribution in [3.05, 3.63) is 36.4 Å². The molecule has 0 atom stereocenters. The average molecular weight is 223 g/mol. The van der Waals surface area contributed by atoms with Crippen molar-refractivity contribution in [2.75, 3.05) is 5.73 Å². The van der Waals surface area contributed by atoms with Crippen LogP contribution in [0.4, 0.5) is 5.69 Å². The van der Waals surface area contributed by atoms with Crippen molar-refractivity contribution in [3.63, 3.8) is 0 Å². The van der Waals surface area contributed by atoms with Crippen LogP contribution in [0.5, 0.6) is 5.75 Å². The zero-order chi connectivity index (χ0) is 10.8. The Hall–Kier alpha value is -1.75. The maximum absolute atomic E-state index is 10.5. The number of benzene rings is 2. The monoisotopic (exact) mass is 223 g/mol. The number of anilines is 1. The lowest BCUT2D eigenvalue weighted by Crippen LogP contribution is -1.92. The van der Waals surface area contributed by atoms with Gasteiger partial charge >= 0.3 is 0 Å². The maximum atomic E-state index is 10.5. The summed E-state index contributed by atoms with van der Waals surface area (Å²) in [4.78, 5) is 0. The van der Waals surface area contributed by atoms with Crippen LogP contribution < -0.4 is 9.92 Å². The smallest absolute Gasteiger partial charge is 0.299 e. The zero-order valence-electron chi connectivity index (χ0n) is 7.71. The number of thiol groups is 1. The Labute approximate surface area is 88.4 Å². The van der Waals surface area contributed by atoms with E-state index in [2.05, 4.69) is 4.18 Å². The molecule has 0 amide bonds. The van der Waals surface area contributed by atoms with Crippen LogP contribution in [0.15, 0.2) is 36.4 Å². The molecule has 0 spiro atoms. The van der Waals surface area contributed by atoms with Crippen LogP contribution in [0, 0.1) is 0 Å². The molecule has 0 unspecified atom stereocenters. The molecule has 0 aliphatic heterocycles. The standard InChI is InChI=1S/C10H9NO3S/c11-9-5-1-4-8-7(9)3-2-6-10(8)14-15(12)13/h1-6,15H,11H2. The molecule has 0 saturated carbocycles. The first-order valence-corrected chi connectivity index (χ1v) is 5.37. The van der Waals surface area contributed by atoms with Crippen molar-refractivity contribution in [2.24, 2.45) is 0 Å². The van der Waals surface area contributed by atoms with Crippen molar-refractivity contribution in [2.45, 2.75) is 0 Å². The molecule has 0 saturated heterocycles. The van der Waals surface area contributed by atoms with Crippen molar-refractivity contribution >= 4 is 27.4 Å². The van der Waals surface area contributed by atoms with E-state index in [1.54, 1.807) is 30.3 Å². The molecule has 0 radical (unpaired) electrons. The fourth-order valence-electron chi connectivity index (χ4n) is 1.47. The highest BCUT2D eigenvalue weighted by atomic mass is 32.2. The molecule has 2 N–H and O–H groups in total. The summed E-state index contributed by atoms with van der Waals surface area (Å²) in [7, 11) is -2.90. The summed E-state index contributed by atoms with van der Waals surface area (Å²) in [6.45, 7) is 0. The molecule has 0 aromatic heterocycles. The lowest BCUT2D eigenvalue weighted by atomic mass is 10.1. The molecule has 4 nitrogen and oxygen atoms in total. The lowest BCUT2D eigenvalue weighted by Gasteiger charge is -2.05. The lowest BCUT2D eigenvalue weighted by molar-refractivity contribution is 0.513. The number of rotatable bonds is 2. The Morgan fingerprint density at radius 2 is 1.67 bits per heavy atom. The largest absolute Gasteiger partial charge is 0.398 e. The van der Waals surface area contributed by atoms with Crippen LogP contribution in [0.1, 0.15) is 0 Å². The Bertz CT molecular complexity index is 570. The summed E-state index contributed by atoms with van der Waals surface area (Å²) in [5.41, 5.74) is 6.35. The summed E-state index contributed by atoms with van der Waals surface area (Å²) in [5.74, 6) is 0.302. The molecule has 0 aliphatic carbocycles. The van der Waals surface area contributed by atoms with Gasteiger partial charge in [0.2, 0.25) is 0 Å². The van der Waals surface area contributed by atoms with Gasteiger partial charge in [-0.25, -0.2) is 0 Å². The second-order valence-corrected chi connectivity index (χ2v) is 3.64. The van der Waals surface area contributed by atoms with Gasteiger partial charge in [-0.05, 0) is 12.1 Å². The third-order valence-electron chi connectivity index (χ3n) is 2.09. The van der Waals surface area contributed by atoms with E-state index in [4.69, 9.17) is 5.73 Å². The molecule has 0 aliphatic rings. The molecule has 0 fully saturated rings. The fourth-order valence-corrected chi connectivity index (χ4v) is 1.79. The molecular formula is C10H9NO3S. The second kappa shape index (κ2) is 3.78. The Balaban J connectivity index is 2.71. The van der Waals surface area contributed by atoms with Gasteiger partial charge in [-0.3, -0.25) is 0 Å². The number of hydrogen-bond donors (Lipinski definition) is 2. The molecule has 0 heterocycles. The number of hydrogen-bond acceptors (Lipinski definition) is 4. The SMILES string of the molecule is Nc1cccc2c(O[SH](=O)=O)cccc12. The molecule has 2 aromatic carbocycles. The fraction of sp³-hybridized carbons (Fsp3) is 0. The van der Waals surface area contributed by atoms with Crippen LogP contribution >= 0.6 is 0 Å². The summed E-state index contributed by atoms with van der Waals surface area (Å²) in [6, 6.07) is 10.4. The van der Waals surface area contributed by atoms with E-state index in [-0.39, 0.29) is 0 Å². The zero-order valence-corrected chi connectivity index (χ0v) is 8.61. The summed E-state index contributed by atoms with van der Waals surface area (Å²) >= 11 is 0. The van der Waals surface area contributed by atoms with Crippen LogP contribution in [-0.2, 0) is 11.0 Å². The van der Waals surface area contributed by atoms with E-state index in [1.165, 1.54) is 0 Å². The predicted molar refractivity (Wildman–Crippen MR) is 59.3 cm³/mol. The highest BCUT2D eigenvalue weighted by molar-refractivity contribution is 7.67. The van der Waals surface area contributed by atoms with Crippen molar-refractivity contribution in [3.8, 4) is 5.75 Å². The Morgan fingerprint density at radius 1 is 1.00 bits per heavy atom. The van der Waals surface area contributed by atoms with Gasteiger partial charge in [-0.2, -0.15) is 8.42 Å². The van der Waals surface area contributed by atoms with Gasteiger partial charge in [0, 0.05) is 16.5 Å². The minimum Gasteiger partial charge on any atom is -0.398 e. The molecule has 78 valence electrons. The van der Waals surface area contributed by atoms with E-state index in [0.717, 1.165) is 5.39 Å². The van der Waals surface area contributed by atoms with E-state index in [0.29, 0.717) is 16.8 Å². The quantitative estimate of drug-likeness (QED) is 0.595. The summed E-state index contributed by atoms with van der Waals surface area (Å²) in [5, 5.41) is 1.48. The van der Waals surface area contributed by atoms with Gasteiger partial charge < -0.3 is 9.92 Å². The minimum atomic E-state index is -2.90. The highest BCUT2D eigenvalue weighted by Crippen LogP contribution is 2.29. The van der Waals surface area contributed by atoms with Crippen molar-refractivity contribution in [1.29, 1.82) is 0 Å². The van der Waals surface area contributed by atoms with Gasteiger partial charge in [-0.1, -0.05) is 24.3 Å². The van der Waals surface area contributed by atoms with E-state index >= 15 is 0 Å². The van der Waals surface area contributed by atoms with Crippen LogP contribution in [0.25, 0.3) is 10.8 Å². The second-order valence-electron chi connectivity index (χ2n) is 3.01. The number of nitrogen functional groups attached to an aromatic ring is 1. The Morgan fingerprint density at radius 3 is 2.40 bits per heavy atom. The van der Waals surface area contributed by atoms with Gasteiger partial charge in [0.25, 0.3) is 11.0 Å². The average Bonchev–Trinajstić information content (AvgIpc) is 2.19. The van der Waals surface area contributed by atoms with Crippen molar-refractivity contribution in [1.82, 2.24) is 0 Å². The van der Waals surface area contributed by atoms with Gasteiger partial charge in [0.05, 0.1) is 0 Å². The normalized spacial score (nSPS) is 10.7. The molecule has 0 bridgehead atoms. The van der Waals surface area contributed by atoms with Crippen molar-refractivity contribution < 1.29 is 12.6 Å². The molecule has 15 heavy (non-hydrogen) atoms. The molecular weight excluding hydrogens is 214 g/mol. The first kappa shape index (κ1) is 9.79. The minimum absolute atomic E-state index is 0.302. The number of nitrogens with two attached hydrogens (primary N) is 1. The van der Waals surface area contributed by atoms with E-state index < -0.39 is 11.0 Å². The predicted octanol–water partition coefficient (Wildman–Crippen LogP) is 1.33. The molecule has 2 rings (SSSR count). The molecule has 5 heteroatoms. The maximum Gasteiger partial charge on any atom is 0.299 e. The number of fused-ring (bicyclic) bond motifs is 1. The first-order chi connectivity index (χ1) is 7.18.